The molecule has 1 aromatic carbocycles. The van der Waals surface area contributed by atoms with E-state index in [2.05, 4.69) is 6.92 Å². The van der Waals surface area contributed by atoms with Gasteiger partial charge in [-0.05, 0) is 43.9 Å². The zero-order valence-corrected chi connectivity index (χ0v) is 12.5. The molecule has 1 amide bonds. The molecular formula is C17H21NO3. The number of hydrogen-bond acceptors (Lipinski definition) is 3. The Morgan fingerprint density at radius 2 is 2.29 bits per heavy atom. The van der Waals surface area contributed by atoms with Crippen LogP contribution >= 0.6 is 0 Å². The van der Waals surface area contributed by atoms with Crippen LogP contribution in [-0.2, 0) is 6.42 Å². The highest BCUT2D eigenvalue weighted by atomic mass is 16.3. The zero-order valence-electron chi connectivity index (χ0n) is 12.5. The smallest absolute Gasteiger partial charge is 0.258 e. The summed E-state index contributed by atoms with van der Waals surface area (Å²) in [5.41, 5.74) is 2.52. The van der Waals surface area contributed by atoms with Crippen LogP contribution in [0.4, 0.5) is 0 Å². The molecule has 4 heteroatoms. The largest absolute Gasteiger partial charge is 0.463 e. The number of hydrogen-bond donors (Lipinski definition) is 1. The maximum absolute atomic E-state index is 12.8. The molecule has 4 nitrogen and oxygen atoms in total. The van der Waals surface area contributed by atoms with Gasteiger partial charge >= 0.3 is 0 Å². The summed E-state index contributed by atoms with van der Waals surface area (Å²) in [6, 6.07) is 5.81. The van der Waals surface area contributed by atoms with Gasteiger partial charge in [0.05, 0.1) is 17.7 Å². The van der Waals surface area contributed by atoms with Crippen LogP contribution in [-0.4, -0.2) is 34.6 Å². The second-order valence-electron chi connectivity index (χ2n) is 5.78. The molecule has 2 heterocycles. The SMILES string of the molecule is CCc1ccc2occ(C(=O)N3CCC[C@@H](O)[C@H]3C)c2c1. The van der Waals surface area contributed by atoms with Gasteiger partial charge in [0, 0.05) is 11.9 Å². The summed E-state index contributed by atoms with van der Waals surface area (Å²) in [6.45, 7) is 4.69. The van der Waals surface area contributed by atoms with Crippen molar-refractivity contribution in [2.45, 2.75) is 45.3 Å². The lowest BCUT2D eigenvalue weighted by Crippen LogP contribution is -2.49. The van der Waals surface area contributed by atoms with E-state index in [4.69, 9.17) is 4.42 Å². The quantitative estimate of drug-likeness (QED) is 0.924. The van der Waals surface area contributed by atoms with Crippen LogP contribution in [0.2, 0.25) is 0 Å². The van der Waals surface area contributed by atoms with Crippen molar-refractivity contribution in [3.8, 4) is 0 Å². The van der Waals surface area contributed by atoms with E-state index >= 15 is 0 Å². The fourth-order valence-corrected chi connectivity index (χ4v) is 3.03. The Bertz CT molecular complexity index is 661. The number of piperidine rings is 1. The summed E-state index contributed by atoms with van der Waals surface area (Å²) in [5, 5.41) is 10.8. The van der Waals surface area contributed by atoms with E-state index in [1.54, 1.807) is 11.2 Å². The summed E-state index contributed by atoms with van der Waals surface area (Å²) in [6.07, 6.45) is 3.63. The van der Waals surface area contributed by atoms with E-state index in [1.165, 1.54) is 5.56 Å². The van der Waals surface area contributed by atoms with Gasteiger partial charge in [-0.3, -0.25) is 4.79 Å². The average molecular weight is 287 g/mol. The van der Waals surface area contributed by atoms with E-state index in [0.717, 1.165) is 30.2 Å². The highest BCUT2D eigenvalue weighted by Gasteiger charge is 2.31. The molecule has 112 valence electrons. The monoisotopic (exact) mass is 287 g/mol. The minimum Gasteiger partial charge on any atom is -0.463 e. The van der Waals surface area contributed by atoms with Crippen molar-refractivity contribution in [3.63, 3.8) is 0 Å². The van der Waals surface area contributed by atoms with Gasteiger partial charge < -0.3 is 14.4 Å². The van der Waals surface area contributed by atoms with Crippen LogP contribution < -0.4 is 0 Å². The molecule has 2 atom stereocenters. The van der Waals surface area contributed by atoms with Gasteiger partial charge in [0.15, 0.2) is 0 Å². The third-order valence-electron chi connectivity index (χ3n) is 4.48. The number of nitrogens with zero attached hydrogens (tertiary/aromatic N) is 1. The minimum atomic E-state index is -0.438. The Kier molecular flexibility index (Phi) is 3.72. The van der Waals surface area contributed by atoms with Gasteiger partial charge in [0.2, 0.25) is 0 Å². The Morgan fingerprint density at radius 3 is 3.05 bits per heavy atom. The fourth-order valence-electron chi connectivity index (χ4n) is 3.03. The highest BCUT2D eigenvalue weighted by Crippen LogP contribution is 2.27. The van der Waals surface area contributed by atoms with Crippen LogP contribution in [0.15, 0.2) is 28.9 Å². The van der Waals surface area contributed by atoms with E-state index in [-0.39, 0.29) is 11.9 Å². The first-order valence-electron chi connectivity index (χ1n) is 7.61. The van der Waals surface area contributed by atoms with Gasteiger partial charge in [-0.1, -0.05) is 13.0 Å². The molecule has 0 aliphatic carbocycles. The number of fused-ring (bicyclic) bond motifs is 1. The topological polar surface area (TPSA) is 53.7 Å². The zero-order chi connectivity index (χ0) is 15.0. The second-order valence-corrected chi connectivity index (χ2v) is 5.78. The Morgan fingerprint density at radius 1 is 1.48 bits per heavy atom. The predicted molar refractivity (Wildman–Crippen MR) is 81.3 cm³/mol. The molecule has 1 aromatic heterocycles. The number of amides is 1. The summed E-state index contributed by atoms with van der Waals surface area (Å²) >= 11 is 0. The van der Waals surface area contributed by atoms with Crippen LogP contribution in [0.25, 0.3) is 11.0 Å². The van der Waals surface area contributed by atoms with Crippen molar-refractivity contribution in [2.75, 3.05) is 6.54 Å². The molecule has 1 aliphatic rings. The first kappa shape index (κ1) is 14.1. The normalized spacial score (nSPS) is 22.7. The number of likely N-dealkylation sites (tertiary alicyclic amines) is 1. The van der Waals surface area contributed by atoms with Gasteiger partial charge in [-0.25, -0.2) is 0 Å². The molecule has 1 aliphatic heterocycles. The number of aliphatic hydroxyl groups is 1. The second kappa shape index (κ2) is 5.53. The van der Waals surface area contributed by atoms with Gasteiger partial charge in [0.1, 0.15) is 11.8 Å². The lowest BCUT2D eigenvalue weighted by atomic mass is 9.99. The molecule has 1 fully saturated rings. The number of aryl methyl sites for hydroxylation is 1. The average Bonchev–Trinajstić information content (AvgIpc) is 2.92. The molecular weight excluding hydrogens is 266 g/mol. The predicted octanol–water partition coefficient (Wildman–Crippen LogP) is 2.98. The van der Waals surface area contributed by atoms with E-state index < -0.39 is 6.10 Å². The molecule has 0 spiro atoms. The molecule has 0 radical (unpaired) electrons. The van der Waals surface area contributed by atoms with Crippen molar-refractivity contribution in [3.05, 3.63) is 35.6 Å². The van der Waals surface area contributed by atoms with E-state index in [9.17, 15) is 9.90 Å². The number of rotatable bonds is 2. The van der Waals surface area contributed by atoms with Crippen LogP contribution in [0.3, 0.4) is 0 Å². The lowest BCUT2D eigenvalue weighted by molar-refractivity contribution is 0.0181. The highest BCUT2D eigenvalue weighted by molar-refractivity contribution is 6.06. The van der Waals surface area contributed by atoms with Crippen LogP contribution in [0.5, 0.6) is 0 Å². The summed E-state index contributed by atoms with van der Waals surface area (Å²) in [4.78, 5) is 14.5. The standard InChI is InChI=1S/C17H21NO3/c1-3-12-6-7-16-13(9-12)14(10-21-16)17(20)18-8-4-5-15(19)11(18)2/h6-7,9-11,15,19H,3-5,8H2,1-2H3/t11-,15-/m1/s1. The van der Waals surface area contributed by atoms with Gasteiger partial charge in [0.25, 0.3) is 5.91 Å². The number of carbonyl (C=O) groups is 1. The first-order valence-corrected chi connectivity index (χ1v) is 7.61. The lowest BCUT2D eigenvalue weighted by Gasteiger charge is -2.36. The van der Waals surface area contributed by atoms with Crippen molar-refractivity contribution in [1.82, 2.24) is 4.90 Å². The molecule has 0 bridgehead atoms. The number of carbonyl (C=O) groups excluding carboxylic acids is 1. The van der Waals surface area contributed by atoms with Crippen LogP contribution in [0, 0.1) is 0 Å². The molecule has 1 N–H and O–H groups in total. The van der Waals surface area contributed by atoms with Crippen molar-refractivity contribution in [2.24, 2.45) is 0 Å². The maximum atomic E-state index is 12.8. The summed E-state index contributed by atoms with van der Waals surface area (Å²) < 4.78 is 5.51. The minimum absolute atomic E-state index is 0.0479. The molecule has 3 rings (SSSR count). The summed E-state index contributed by atoms with van der Waals surface area (Å²) in [5.74, 6) is -0.0479. The van der Waals surface area contributed by atoms with E-state index in [0.29, 0.717) is 12.1 Å². The fraction of sp³-hybridized carbons (Fsp3) is 0.471. The molecule has 1 saturated heterocycles. The number of benzene rings is 1. The maximum Gasteiger partial charge on any atom is 0.258 e. The molecule has 21 heavy (non-hydrogen) atoms. The Labute approximate surface area is 124 Å². The Balaban J connectivity index is 1.97. The van der Waals surface area contributed by atoms with Crippen molar-refractivity contribution in [1.29, 1.82) is 0 Å². The number of furan rings is 1. The third kappa shape index (κ3) is 2.44. The molecule has 0 unspecified atom stereocenters. The third-order valence-corrected chi connectivity index (χ3v) is 4.48. The summed E-state index contributed by atoms with van der Waals surface area (Å²) in [7, 11) is 0. The van der Waals surface area contributed by atoms with Crippen molar-refractivity contribution < 1.29 is 14.3 Å². The Hall–Kier alpha value is -1.81. The van der Waals surface area contributed by atoms with Crippen LogP contribution in [0.1, 0.15) is 42.6 Å². The van der Waals surface area contributed by atoms with Gasteiger partial charge in [-0.15, -0.1) is 0 Å². The molecule has 0 saturated carbocycles. The number of aliphatic hydroxyl groups excluding tert-OH is 1. The van der Waals surface area contributed by atoms with Gasteiger partial charge in [-0.2, -0.15) is 0 Å². The van der Waals surface area contributed by atoms with Crippen molar-refractivity contribution >= 4 is 16.9 Å². The van der Waals surface area contributed by atoms with E-state index in [1.807, 2.05) is 25.1 Å². The molecule has 2 aromatic rings. The first-order chi connectivity index (χ1) is 10.1.